The summed E-state index contributed by atoms with van der Waals surface area (Å²) in [4.78, 5) is 11.7. The standard InChI is InChI=1S/C12H27N3O3S/c1-5-10(3)11(13)12(16)14-8-7-9-15(6-2)19(4,17)18/h10-11H,5-9,13H2,1-4H3,(H,14,16)/t10-,11-/m0/s1. The van der Waals surface area contributed by atoms with Gasteiger partial charge >= 0.3 is 0 Å². The summed E-state index contributed by atoms with van der Waals surface area (Å²) in [5, 5.41) is 2.74. The lowest BCUT2D eigenvalue weighted by atomic mass is 9.99. The van der Waals surface area contributed by atoms with Crippen LogP contribution in [0.15, 0.2) is 0 Å². The number of nitrogens with one attached hydrogen (secondary N) is 1. The highest BCUT2D eigenvalue weighted by molar-refractivity contribution is 7.88. The fourth-order valence-electron chi connectivity index (χ4n) is 1.66. The molecule has 0 aromatic rings. The van der Waals surface area contributed by atoms with Crippen molar-refractivity contribution in [1.29, 1.82) is 0 Å². The molecule has 0 saturated heterocycles. The van der Waals surface area contributed by atoms with Crippen LogP contribution in [0.2, 0.25) is 0 Å². The summed E-state index contributed by atoms with van der Waals surface area (Å²) in [5.74, 6) is -0.0279. The number of amides is 1. The zero-order valence-corrected chi connectivity index (χ0v) is 13.2. The third kappa shape index (κ3) is 6.89. The van der Waals surface area contributed by atoms with Crippen molar-refractivity contribution in [2.24, 2.45) is 11.7 Å². The van der Waals surface area contributed by atoms with E-state index >= 15 is 0 Å². The molecule has 0 aromatic heterocycles. The molecule has 0 aliphatic rings. The van der Waals surface area contributed by atoms with Crippen molar-refractivity contribution >= 4 is 15.9 Å². The molecule has 0 bridgehead atoms. The van der Waals surface area contributed by atoms with Crippen molar-refractivity contribution in [3.63, 3.8) is 0 Å². The Balaban J connectivity index is 4.01. The molecule has 0 aliphatic heterocycles. The quantitative estimate of drug-likeness (QED) is 0.592. The molecule has 0 fully saturated rings. The van der Waals surface area contributed by atoms with Crippen LogP contribution in [0.4, 0.5) is 0 Å². The van der Waals surface area contributed by atoms with Crippen LogP contribution >= 0.6 is 0 Å². The van der Waals surface area contributed by atoms with Crippen LogP contribution < -0.4 is 11.1 Å². The summed E-state index contributed by atoms with van der Waals surface area (Å²) in [7, 11) is -3.15. The second-order valence-electron chi connectivity index (χ2n) is 4.81. The Morgan fingerprint density at radius 2 is 1.95 bits per heavy atom. The highest BCUT2D eigenvalue weighted by Crippen LogP contribution is 2.05. The van der Waals surface area contributed by atoms with Gasteiger partial charge in [0.25, 0.3) is 0 Å². The normalized spacial score (nSPS) is 15.3. The van der Waals surface area contributed by atoms with Crippen molar-refractivity contribution < 1.29 is 13.2 Å². The van der Waals surface area contributed by atoms with Crippen molar-refractivity contribution in [3.05, 3.63) is 0 Å². The van der Waals surface area contributed by atoms with E-state index in [2.05, 4.69) is 5.32 Å². The maximum Gasteiger partial charge on any atom is 0.237 e. The van der Waals surface area contributed by atoms with E-state index in [4.69, 9.17) is 5.73 Å². The SMILES string of the molecule is CC[C@H](C)[C@H](N)C(=O)NCCCN(CC)S(C)(=O)=O. The monoisotopic (exact) mass is 293 g/mol. The van der Waals surface area contributed by atoms with Crippen molar-refractivity contribution in [2.45, 2.75) is 39.7 Å². The highest BCUT2D eigenvalue weighted by Gasteiger charge is 2.19. The number of sulfonamides is 1. The lowest BCUT2D eigenvalue weighted by Gasteiger charge is -2.19. The largest absolute Gasteiger partial charge is 0.355 e. The summed E-state index contributed by atoms with van der Waals surface area (Å²) in [6, 6.07) is -0.498. The second kappa shape index (κ2) is 8.50. The average molecular weight is 293 g/mol. The molecule has 0 unspecified atom stereocenters. The van der Waals surface area contributed by atoms with Gasteiger partial charge in [-0.3, -0.25) is 4.79 Å². The molecule has 0 rings (SSSR count). The molecule has 6 nitrogen and oxygen atoms in total. The van der Waals surface area contributed by atoms with E-state index in [-0.39, 0.29) is 11.8 Å². The molecule has 7 heteroatoms. The molecule has 0 aromatic carbocycles. The van der Waals surface area contributed by atoms with Gasteiger partial charge in [0.1, 0.15) is 0 Å². The summed E-state index contributed by atoms with van der Waals surface area (Å²) < 4.78 is 24.1. The minimum Gasteiger partial charge on any atom is -0.355 e. The molecule has 0 saturated carbocycles. The van der Waals surface area contributed by atoms with Gasteiger partial charge in [-0.15, -0.1) is 0 Å². The Labute approximate surface area is 116 Å². The van der Waals surface area contributed by atoms with E-state index in [9.17, 15) is 13.2 Å². The molecule has 3 N–H and O–H groups in total. The fraction of sp³-hybridized carbons (Fsp3) is 0.917. The van der Waals surface area contributed by atoms with Crippen LogP contribution in [0.5, 0.6) is 0 Å². The topological polar surface area (TPSA) is 92.5 Å². The molecule has 0 heterocycles. The van der Waals surface area contributed by atoms with E-state index in [0.29, 0.717) is 26.1 Å². The van der Waals surface area contributed by atoms with Crippen LogP contribution in [0, 0.1) is 5.92 Å². The zero-order valence-electron chi connectivity index (χ0n) is 12.3. The lowest BCUT2D eigenvalue weighted by molar-refractivity contribution is -0.123. The third-order valence-electron chi connectivity index (χ3n) is 3.26. The Hall–Kier alpha value is -0.660. The molecule has 0 spiro atoms. The first-order valence-corrected chi connectivity index (χ1v) is 8.57. The molecule has 0 radical (unpaired) electrons. The van der Waals surface area contributed by atoms with E-state index < -0.39 is 16.1 Å². The molecule has 19 heavy (non-hydrogen) atoms. The zero-order chi connectivity index (χ0) is 15.1. The maximum absolute atomic E-state index is 11.7. The van der Waals surface area contributed by atoms with Gasteiger partial charge in [0, 0.05) is 19.6 Å². The summed E-state index contributed by atoms with van der Waals surface area (Å²) in [6.07, 6.45) is 2.63. The lowest BCUT2D eigenvalue weighted by Crippen LogP contribution is -2.45. The predicted molar refractivity (Wildman–Crippen MR) is 77.1 cm³/mol. The Kier molecular flexibility index (Phi) is 8.20. The van der Waals surface area contributed by atoms with Gasteiger partial charge in [-0.2, -0.15) is 0 Å². The van der Waals surface area contributed by atoms with Gasteiger partial charge in [-0.1, -0.05) is 27.2 Å². The third-order valence-corrected chi connectivity index (χ3v) is 4.64. The van der Waals surface area contributed by atoms with E-state index in [0.717, 1.165) is 6.42 Å². The molecular formula is C12H27N3O3S. The number of carbonyl (C=O) groups is 1. The number of nitrogens with zero attached hydrogens (tertiary/aromatic N) is 1. The fourth-order valence-corrected chi connectivity index (χ4v) is 2.59. The maximum atomic E-state index is 11.7. The minimum absolute atomic E-state index is 0.142. The molecule has 114 valence electrons. The van der Waals surface area contributed by atoms with Gasteiger partial charge in [0.05, 0.1) is 12.3 Å². The van der Waals surface area contributed by atoms with Gasteiger partial charge < -0.3 is 11.1 Å². The number of hydrogen-bond donors (Lipinski definition) is 2. The number of carbonyl (C=O) groups excluding carboxylic acids is 1. The second-order valence-corrected chi connectivity index (χ2v) is 6.79. The van der Waals surface area contributed by atoms with Gasteiger partial charge in [-0.25, -0.2) is 12.7 Å². The average Bonchev–Trinajstić information content (AvgIpc) is 2.34. The van der Waals surface area contributed by atoms with Crippen LogP contribution in [0.1, 0.15) is 33.6 Å². The smallest absolute Gasteiger partial charge is 0.237 e. The van der Waals surface area contributed by atoms with Crippen molar-refractivity contribution in [3.8, 4) is 0 Å². The van der Waals surface area contributed by atoms with Crippen molar-refractivity contribution in [2.75, 3.05) is 25.9 Å². The van der Waals surface area contributed by atoms with Gasteiger partial charge in [0.2, 0.25) is 15.9 Å². The first-order valence-electron chi connectivity index (χ1n) is 6.72. The minimum atomic E-state index is -3.15. The molecule has 1 amide bonds. The van der Waals surface area contributed by atoms with E-state index in [1.165, 1.54) is 10.6 Å². The summed E-state index contributed by atoms with van der Waals surface area (Å²) >= 11 is 0. The first-order chi connectivity index (χ1) is 8.73. The number of hydrogen-bond acceptors (Lipinski definition) is 4. The van der Waals surface area contributed by atoms with Crippen LogP contribution in [-0.4, -0.2) is 50.6 Å². The Morgan fingerprint density at radius 3 is 2.37 bits per heavy atom. The predicted octanol–water partition coefficient (Wildman–Crippen LogP) is 0.148. The van der Waals surface area contributed by atoms with Crippen molar-refractivity contribution in [1.82, 2.24) is 9.62 Å². The molecule has 0 aliphatic carbocycles. The summed E-state index contributed by atoms with van der Waals surface area (Å²) in [6.45, 7) is 7.01. The highest BCUT2D eigenvalue weighted by atomic mass is 32.2. The molecular weight excluding hydrogens is 266 g/mol. The molecule has 2 atom stereocenters. The van der Waals surface area contributed by atoms with E-state index in [1.54, 1.807) is 6.92 Å². The Bertz CT molecular complexity index is 370. The van der Waals surface area contributed by atoms with Crippen LogP contribution in [0.25, 0.3) is 0 Å². The Morgan fingerprint density at radius 1 is 1.37 bits per heavy atom. The first kappa shape index (κ1) is 18.3. The number of rotatable bonds is 9. The number of nitrogens with two attached hydrogens (primary N) is 1. The van der Waals surface area contributed by atoms with Crippen LogP contribution in [-0.2, 0) is 14.8 Å². The van der Waals surface area contributed by atoms with E-state index in [1.807, 2.05) is 13.8 Å². The van der Waals surface area contributed by atoms with Crippen LogP contribution in [0.3, 0.4) is 0 Å². The van der Waals surface area contributed by atoms with Gasteiger partial charge in [-0.05, 0) is 12.3 Å². The van der Waals surface area contributed by atoms with Gasteiger partial charge in [0.15, 0.2) is 0 Å². The summed E-state index contributed by atoms with van der Waals surface area (Å²) in [5.41, 5.74) is 5.79.